The Bertz CT molecular complexity index is 1580. The lowest BCUT2D eigenvalue weighted by molar-refractivity contribution is -0.143. The number of ether oxygens (including phenoxy) is 3. The van der Waals surface area contributed by atoms with Crippen LogP contribution in [-0.4, -0.2) is 30.4 Å². The van der Waals surface area contributed by atoms with Gasteiger partial charge in [0.05, 0.1) is 42.2 Å². The zero-order valence-corrected chi connectivity index (χ0v) is 26.4. The van der Waals surface area contributed by atoms with Crippen LogP contribution in [0.2, 0.25) is 0 Å². The van der Waals surface area contributed by atoms with Crippen molar-refractivity contribution in [1.82, 2.24) is 4.57 Å². The number of rotatable bonds is 8. The quantitative estimate of drug-likeness (QED) is 0.185. The first-order valence-electron chi connectivity index (χ1n) is 11.7. The van der Waals surface area contributed by atoms with Gasteiger partial charge in [0.2, 0.25) is 0 Å². The number of thiazole rings is 1. The van der Waals surface area contributed by atoms with E-state index in [4.69, 9.17) is 14.2 Å². The predicted molar refractivity (Wildman–Crippen MR) is 166 cm³/mol. The molecule has 1 aliphatic rings. The van der Waals surface area contributed by atoms with Crippen molar-refractivity contribution in [1.29, 1.82) is 0 Å². The highest BCUT2D eigenvalue weighted by Gasteiger charge is 2.33. The fraction of sp³-hybridized carbons (Fsp3) is 0.250. The second-order valence-corrected chi connectivity index (χ2v) is 12.1. The van der Waals surface area contributed by atoms with Gasteiger partial charge in [-0.25, -0.2) is 9.79 Å². The molecule has 0 amide bonds. The highest BCUT2D eigenvalue weighted by molar-refractivity contribution is 14.1. The first-order valence-corrected chi connectivity index (χ1v) is 14.7. The summed E-state index contributed by atoms with van der Waals surface area (Å²) in [5, 5.41) is 0. The third-order valence-electron chi connectivity index (χ3n) is 5.68. The van der Waals surface area contributed by atoms with Crippen LogP contribution in [0.3, 0.4) is 0 Å². The first-order chi connectivity index (χ1) is 18.1. The van der Waals surface area contributed by atoms with Crippen molar-refractivity contribution >= 4 is 68.6 Å². The third-order valence-corrected chi connectivity index (χ3v) is 8.27. The monoisotopic (exact) mass is 756 g/mol. The number of esters is 1. The molecule has 0 saturated carbocycles. The van der Waals surface area contributed by atoms with Crippen LogP contribution in [-0.2, 0) is 9.53 Å². The number of carbonyl (C=O) groups excluding carboxylic acids is 1. The molecule has 1 unspecified atom stereocenters. The summed E-state index contributed by atoms with van der Waals surface area (Å²) in [7, 11) is 1.59. The van der Waals surface area contributed by atoms with E-state index in [-0.39, 0.29) is 11.7 Å². The van der Waals surface area contributed by atoms with Gasteiger partial charge in [-0.1, -0.05) is 36.1 Å². The molecule has 7 nitrogen and oxygen atoms in total. The fourth-order valence-electron chi connectivity index (χ4n) is 4.06. The second kappa shape index (κ2) is 12.2. The van der Waals surface area contributed by atoms with Gasteiger partial charge in [-0.05, 0) is 107 Å². The minimum Gasteiger partial charge on any atom is -0.497 e. The number of hydrogen-bond acceptors (Lipinski definition) is 7. The molecule has 0 aliphatic carbocycles. The Morgan fingerprint density at radius 2 is 1.87 bits per heavy atom. The van der Waals surface area contributed by atoms with Crippen LogP contribution in [0, 0.1) is 7.14 Å². The van der Waals surface area contributed by atoms with E-state index in [9.17, 15) is 9.59 Å². The van der Waals surface area contributed by atoms with E-state index in [1.165, 1.54) is 11.3 Å². The molecule has 10 heteroatoms. The predicted octanol–water partition coefficient (Wildman–Crippen LogP) is 4.97. The summed E-state index contributed by atoms with van der Waals surface area (Å²) in [6.45, 7) is 9.48. The Balaban J connectivity index is 1.88. The van der Waals surface area contributed by atoms with E-state index >= 15 is 0 Å². The molecule has 1 aromatic heterocycles. The van der Waals surface area contributed by atoms with Gasteiger partial charge >= 0.3 is 5.97 Å². The zero-order valence-electron chi connectivity index (χ0n) is 21.3. The highest BCUT2D eigenvalue weighted by Crippen LogP contribution is 2.32. The number of benzene rings is 2. The van der Waals surface area contributed by atoms with Crippen molar-refractivity contribution in [3.05, 3.63) is 98.3 Å². The average molecular weight is 756 g/mol. The Labute approximate surface area is 251 Å². The molecule has 1 atom stereocenters. The molecule has 1 aliphatic heterocycles. The SMILES string of the molecule is C=CCOc1c(I)cc(/C=c2\sc3n(c2=O)C(c2ccc(OC)cc2)C(C(=O)OC(C)C)=C(C)N=3)cc1I. The van der Waals surface area contributed by atoms with Crippen molar-refractivity contribution in [2.24, 2.45) is 4.99 Å². The minimum absolute atomic E-state index is 0.228. The molecule has 0 bridgehead atoms. The number of methoxy groups -OCH3 is 1. The summed E-state index contributed by atoms with van der Waals surface area (Å²) in [5.41, 5.74) is 2.27. The summed E-state index contributed by atoms with van der Waals surface area (Å²) in [6, 6.07) is 10.6. The Kier molecular flexibility index (Phi) is 9.14. The number of nitrogens with zero attached hydrogens (tertiary/aromatic N) is 2. The largest absolute Gasteiger partial charge is 0.497 e. The van der Waals surface area contributed by atoms with Gasteiger partial charge in [0, 0.05) is 0 Å². The molecule has 3 aromatic rings. The summed E-state index contributed by atoms with van der Waals surface area (Å²) in [5.74, 6) is 0.974. The van der Waals surface area contributed by atoms with Crippen LogP contribution in [0.15, 0.2) is 70.1 Å². The van der Waals surface area contributed by atoms with Crippen LogP contribution >= 0.6 is 56.5 Å². The van der Waals surface area contributed by atoms with Crippen molar-refractivity contribution in [2.45, 2.75) is 32.9 Å². The molecular formula is C28H26I2N2O5S. The summed E-state index contributed by atoms with van der Waals surface area (Å²) in [4.78, 5) is 32.2. The summed E-state index contributed by atoms with van der Waals surface area (Å²) < 4.78 is 20.6. The first kappa shape index (κ1) is 28.6. The molecule has 0 fully saturated rings. The molecule has 0 radical (unpaired) electrons. The standard InChI is InChI=1S/C28H26I2N2O5S/c1-6-11-36-25-20(29)12-17(13-21(25)30)14-22-26(33)32-24(18-7-9-19(35-5)10-8-18)23(27(34)37-15(2)3)16(4)31-28(32)38-22/h6-10,12-15,24H,1,11H2,2-5H3/b22-14-. The number of hydrogen-bond donors (Lipinski definition) is 0. The van der Waals surface area contributed by atoms with Crippen LogP contribution in [0.4, 0.5) is 0 Å². The molecule has 2 heterocycles. The number of fused-ring (bicyclic) bond motifs is 1. The second-order valence-electron chi connectivity index (χ2n) is 8.72. The highest BCUT2D eigenvalue weighted by atomic mass is 127. The van der Waals surface area contributed by atoms with Gasteiger partial charge in [-0.3, -0.25) is 9.36 Å². The van der Waals surface area contributed by atoms with Gasteiger partial charge in [-0.15, -0.1) is 0 Å². The van der Waals surface area contributed by atoms with Crippen LogP contribution in [0.25, 0.3) is 6.08 Å². The van der Waals surface area contributed by atoms with Crippen molar-refractivity contribution in [3.8, 4) is 11.5 Å². The molecule has 0 spiro atoms. The van der Waals surface area contributed by atoms with Crippen molar-refractivity contribution in [2.75, 3.05) is 13.7 Å². The molecule has 4 rings (SSSR count). The van der Waals surface area contributed by atoms with Crippen LogP contribution in [0.1, 0.15) is 37.9 Å². The van der Waals surface area contributed by atoms with E-state index in [1.807, 2.05) is 42.5 Å². The minimum atomic E-state index is -0.680. The molecule has 0 N–H and O–H groups in total. The fourth-order valence-corrected chi connectivity index (χ4v) is 7.23. The van der Waals surface area contributed by atoms with Gasteiger partial charge < -0.3 is 14.2 Å². The van der Waals surface area contributed by atoms with Crippen LogP contribution in [0.5, 0.6) is 11.5 Å². The molecule has 2 aromatic carbocycles. The topological polar surface area (TPSA) is 79.1 Å². The third kappa shape index (κ3) is 5.91. The Hall–Kier alpha value is -2.45. The number of allylic oxidation sites excluding steroid dienone is 1. The molecule has 198 valence electrons. The lowest BCUT2D eigenvalue weighted by Gasteiger charge is -2.25. The van der Waals surface area contributed by atoms with Gasteiger partial charge in [0.1, 0.15) is 18.1 Å². The molecule has 38 heavy (non-hydrogen) atoms. The van der Waals surface area contributed by atoms with E-state index < -0.39 is 12.0 Å². The van der Waals surface area contributed by atoms with E-state index in [2.05, 4.69) is 56.8 Å². The van der Waals surface area contributed by atoms with E-state index in [0.717, 1.165) is 24.0 Å². The average Bonchev–Trinajstić information content (AvgIpc) is 3.16. The molecular weight excluding hydrogens is 730 g/mol. The van der Waals surface area contributed by atoms with Crippen LogP contribution < -0.4 is 24.4 Å². The lowest BCUT2D eigenvalue weighted by Crippen LogP contribution is -2.40. The lowest BCUT2D eigenvalue weighted by atomic mass is 9.96. The normalized spacial score (nSPS) is 15.2. The number of aromatic nitrogens is 1. The summed E-state index contributed by atoms with van der Waals surface area (Å²) >= 11 is 5.75. The van der Waals surface area contributed by atoms with Gasteiger partial charge in [0.15, 0.2) is 4.80 Å². The number of halogens is 2. The van der Waals surface area contributed by atoms with Crippen molar-refractivity contribution < 1.29 is 19.0 Å². The van der Waals surface area contributed by atoms with E-state index in [1.54, 1.807) is 38.5 Å². The molecule has 0 saturated heterocycles. The smallest absolute Gasteiger partial charge is 0.338 e. The van der Waals surface area contributed by atoms with E-state index in [0.29, 0.717) is 33.0 Å². The maximum Gasteiger partial charge on any atom is 0.338 e. The number of carbonyl (C=O) groups is 1. The zero-order chi connectivity index (χ0) is 27.6. The Morgan fingerprint density at radius 1 is 1.21 bits per heavy atom. The van der Waals surface area contributed by atoms with Crippen molar-refractivity contribution in [3.63, 3.8) is 0 Å². The summed E-state index contributed by atoms with van der Waals surface area (Å²) in [6.07, 6.45) is 3.24. The maximum absolute atomic E-state index is 13.8. The van der Waals surface area contributed by atoms with Gasteiger partial charge in [0.25, 0.3) is 5.56 Å². The van der Waals surface area contributed by atoms with Gasteiger partial charge in [-0.2, -0.15) is 0 Å². The Morgan fingerprint density at radius 3 is 2.45 bits per heavy atom. The maximum atomic E-state index is 13.8.